The number of hydrogen-bond acceptors (Lipinski definition) is 4. The quantitative estimate of drug-likeness (QED) is 0.794. The van der Waals surface area contributed by atoms with E-state index in [0.717, 1.165) is 11.3 Å². The average Bonchev–Trinajstić information content (AvgIpc) is 2.37. The number of amides is 2. The highest BCUT2D eigenvalue weighted by Gasteiger charge is 2.33. The molecule has 2 amide bonds. The third-order valence-electron chi connectivity index (χ3n) is 3.38. The number of nitrogens with zero attached hydrogens (tertiary/aromatic N) is 1. The van der Waals surface area contributed by atoms with Crippen molar-refractivity contribution < 1.29 is 9.59 Å². The van der Waals surface area contributed by atoms with Crippen molar-refractivity contribution in [2.45, 2.75) is 32.4 Å². The first-order valence-corrected chi connectivity index (χ1v) is 6.49. The molecule has 1 aromatic rings. The Bertz CT molecular complexity index is 499. The van der Waals surface area contributed by atoms with Crippen LogP contribution in [0.2, 0.25) is 0 Å². The molecule has 2 unspecified atom stereocenters. The molecule has 102 valence electrons. The Hall–Kier alpha value is -1.88. The van der Waals surface area contributed by atoms with Crippen molar-refractivity contribution in [1.82, 2.24) is 5.32 Å². The maximum absolute atomic E-state index is 11.9. The monoisotopic (exact) mass is 261 g/mol. The van der Waals surface area contributed by atoms with Crippen molar-refractivity contribution in [3.63, 3.8) is 0 Å². The normalized spacial score (nSPS) is 21.2. The second kappa shape index (κ2) is 5.40. The molecule has 0 spiro atoms. The number of piperazine rings is 1. The number of nitrogens with two attached hydrogens (primary N) is 1. The van der Waals surface area contributed by atoms with E-state index in [9.17, 15) is 9.59 Å². The number of benzene rings is 1. The lowest BCUT2D eigenvalue weighted by Gasteiger charge is -2.36. The number of carbonyl (C=O) groups is 2. The number of anilines is 1. The van der Waals surface area contributed by atoms with E-state index in [1.807, 2.05) is 43.0 Å². The van der Waals surface area contributed by atoms with Gasteiger partial charge in [0.2, 0.25) is 11.8 Å². The Morgan fingerprint density at radius 2 is 2.11 bits per heavy atom. The van der Waals surface area contributed by atoms with Gasteiger partial charge in [0.25, 0.3) is 0 Å². The van der Waals surface area contributed by atoms with E-state index in [-0.39, 0.29) is 30.4 Å². The number of nitrogens with one attached hydrogen (secondary N) is 1. The SMILES string of the molecule is CCC1C(=O)NC(=O)CN1c1ccccc1C(C)N. The lowest BCUT2D eigenvalue weighted by Crippen LogP contribution is -2.58. The summed E-state index contributed by atoms with van der Waals surface area (Å²) in [4.78, 5) is 25.3. The van der Waals surface area contributed by atoms with E-state index in [0.29, 0.717) is 6.42 Å². The molecule has 1 fully saturated rings. The van der Waals surface area contributed by atoms with Crippen LogP contribution < -0.4 is 16.0 Å². The van der Waals surface area contributed by atoms with Gasteiger partial charge in [-0.1, -0.05) is 25.1 Å². The number of imide groups is 1. The molecule has 2 atom stereocenters. The van der Waals surface area contributed by atoms with Crippen molar-refractivity contribution >= 4 is 17.5 Å². The fourth-order valence-electron chi connectivity index (χ4n) is 2.46. The van der Waals surface area contributed by atoms with Crippen LogP contribution in [0.5, 0.6) is 0 Å². The number of rotatable bonds is 3. The van der Waals surface area contributed by atoms with E-state index in [1.165, 1.54) is 0 Å². The summed E-state index contributed by atoms with van der Waals surface area (Å²) in [5.41, 5.74) is 7.78. The number of hydrogen-bond donors (Lipinski definition) is 2. The highest BCUT2D eigenvalue weighted by Crippen LogP contribution is 2.28. The molecule has 0 radical (unpaired) electrons. The Kier molecular flexibility index (Phi) is 3.85. The zero-order chi connectivity index (χ0) is 14.0. The maximum atomic E-state index is 11.9. The van der Waals surface area contributed by atoms with E-state index in [4.69, 9.17) is 5.73 Å². The Morgan fingerprint density at radius 3 is 2.74 bits per heavy atom. The van der Waals surface area contributed by atoms with E-state index >= 15 is 0 Å². The van der Waals surface area contributed by atoms with Crippen LogP contribution in [-0.4, -0.2) is 24.4 Å². The minimum atomic E-state index is -0.322. The maximum Gasteiger partial charge on any atom is 0.249 e. The van der Waals surface area contributed by atoms with E-state index < -0.39 is 0 Å². The molecule has 0 aromatic heterocycles. The van der Waals surface area contributed by atoms with Gasteiger partial charge in [-0.25, -0.2) is 0 Å². The average molecular weight is 261 g/mol. The van der Waals surface area contributed by atoms with Gasteiger partial charge in [-0.15, -0.1) is 0 Å². The van der Waals surface area contributed by atoms with E-state index in [2.05, 4.69) is 5.32 Å². The first kappa shape index (κ1) is 13.5. The van der Waals surface area contributed by atoms with Crippen molar-refractivity contribution in [2.75, 3.05) is 11.4 Å². The topological polar surface area (TPSA) is 75.4 Å². The van der Waals surface area contributed by atoms with Crippen LogP contribution in [0.15, 0.2) is 24.3 Å². The zero-order valence-corrected chi connectivity index (χ0v) is 11.2. The molecule has 5 nitrogen and oxygen atoms in total. The summed E-state index contributed by atoms with van der Waals surface area (Å²) in [5.74, 6) is -0.507. The van der Waals surface area contributed by atoms with Crippen LogP contribution >= 0.6 is 0 Å². The molecule has 2 rings (SSSR count). The van der Waals surface area contributed by atoms with Crippen LogP contribution in [0.1, 0.15) is 31.9 Å². The Morgan fingerprint density at radius 1 is 1.42 bits per heavy atom. The third kappa shape index (κ3) is 2.61. The molecule has 3 N–H and O–H groups in total. The van der Waals surface area contributed by atoms with Gasteiger partial charge in [-0.05, 0) is 25.0 Å². The van der Waals surface area contributed by atoms with E-state index in [1.54, 1.807) is 0 Å². The van der Waals surface area contributed by atoms with Gasteiger partial charge < -0.3 is 10.6 Å². The van der Waals surface area contributed by atoms with Crippen molar-refractivity contribution in [1.29, 1.82) is 0 Å². The summed E-state index contributed by atoms with van der Waals surface area (Å²) in [6.07, 6.45) is 0.645. The standard InChI is InChI=1S/C14H19N3O2/c1-3-11-14(19)16-13(18)8-17(11)12-7-5-4-6-10(12)9(2)15/h4-7,9,11H,3,8,15H2,1-2H3,(H,16,18,19). The second-order valence-corrected chi connectivity index (χ2v) is 4.81. The summed E-state index contributed by atoms with van der Waals surface area (Å²) in [5, 5.41) is 2.38. The fraction of sp³-hybridized carbons (Fsp3) is 0.429. The Labute approximate surface area is 112 Å². The largest absolute Gasteiger partial charge is 0.350 e. The van der Waals surface area contributed by atoms with Gasteiger partial charge in [-0.3, -0.25) is 14.9 Å². The molecule has 0 bridgehead atoms. The van der Waals surface area contributed by atoms with Crippen molar-refractivity contribution in [3.05, 3.63) is 29.8 Å². The minimum Gasteiger partial charge on any atom is -0.350 e. The molecule has 1 heterocycles. The van der Waals surface area contributed by atoms with Gasteiger partial charge in [0.05, 0.1) is 6.54 Å². The molecule has 1 saturated heterocycles. The summed E-state index contributed by atoms with van der Waals surface area (Å²) < 4.78 is 0. The van der Waals surface area contributed by atoms with Crippen LogP contribution in [0.4, 0.5) is 5.69 Å². The minimum absolute atomic E-state index is 0.145. The molecule has 0 saturated carbocycles. The third-order valence-corrected chi connectivity index (χ3v) is 3.38. The highest BCUT2D eigenvalue weighted by atomic mass is 16.2. The van der Waals surface area contributed by atoms with Gasteiger partial charge in [0.1, 0.15) is 6.04 Å². The number of para-hydroxylation sites is 1. The predicted molar refractivity (Wildman–Crippen MR) is 73.6 cm³/mol. The summed E-state index contributed by atoms with van der Waals surface area (Å²) >= 11 is 0. The zero-order valence-electron chi connectivity index (χ0n) is 11.2. The fourth-order valence-corrected chi connectivity index (χ4v) is 2.46. The molecular formula is C14H19N3O2. The van der Waals surface area contributed by atoms with Gasteiger partial charge in [0, 0.05) is 11.7 Å². The summed E-state index contributed by atoms with van der Waals surface area (Å²) in [6, 6.07) is 7.18. The van der Waals surface area contributed by atoms with Crippen LogP contribution in [0, 0.1) is 0 Å². The summed E-state index contributed by atoms with van der Waals surface area (Å²) in [6.45, 7) is 4.02. The van der Waals surface area contributed by atoms with Gasteiger partial charge in [-0.2, -0.15) is 0 Å². The number of carbonyl (C=O) groups excluding carboxylic acids is 2. The highest BCUT2D eigenvalue weighted by molar-refractivity contribution is 6.04. The predicted octanol–water partition coefficient (Wildman–Crippen LogP) is 0.948. The van der Waals surface area contributed by atoms with Gasteiger partial charge >= 0.3 is 0 Å². The summed E-state index contributed by atoms with van der Waals surface area (Å²) in [7, 11) is 0. The molecule has 19 heavy (non-hydrogen) atoms. The second-order valence-electron chi connectivity index (χ2n) is 4.81. The Balaban J connectivity index is 2.43. The van der Waals surface area contributed by atoms with Crippen molar-refractivity contribution in [3.8, 4) is 0 Å². The molecule has 0 aliphatic carbocycles. The van der Waals surface area contributed by atoms with Crippen LogP contribution in [0.3, 0.4) is 0 Å². The first-order valence-electron chi connectivity index (χ1n) is 6.49. The first-order chi connectivity index (χ1) is 9.04. The molecule has 1 aromatic carbocycles. The lowest BCUT2D eigenvalue weighted by molar-refractivity contribution is -0.132. The van der Waals surface area contributed by atoms with Crippen LogP contribution in [0.25, 0.3) is 0 Å². The molecular weight excluding hydrogens is 242 g/mol. The molecule has 1 aliphatic rings. The molecule has 5 heteroatoms. The van der Waals surface area contributed by atoms with Crippen LogP contribution in [-0.2, 0) is 9.59 Å². The molecule has 1 aliphatic heterocycles. The lowest BCUT2D eigenvalue weighted by atomic mass is 10.0. The van der Waals surface area contributed by atoms with Gasteiger partial charge in [0.15, 0.2) is 0 Å². The van der Waals surface area contributed by atoms with Crippen molar-refractivity contribution in [2.24, 2.45) is 5.73 Å². The smallest absolute Gasteiger partial charge is 0.249 e.